The summed E-state index contributed by atoms with van der Waals surface area (Å²) in [6, 6.07) is 2.05. The molecule has 2 rings (SSSR count). The lowest BCUT2D eigenvalue weighted by Crippen LogP contribution is -2.00. The zero-order chi connectivity index (χ0) is 14.9. The van der Waals surface area contributed by atoms with Gasteiger partial charge in [0, 0.05) is 12.1 Å². The zero-order valence-electron chi connectivity index (χ0n) is 9.51. The van der Waals surface area contributed by atoms with E-state index < -0.39 is 28.0 Å². The van der Waals surface area contributed by atoms with Crippen LogP contribution in [-0.4, -0.2) is 14.9 Å². The van der Waals surface area contributed by atoms with Gasteiger partial charge in [0.25, 0.3) is 0 Å². The van der Waals surface area contributed by atoms with E-state index in [0.717, 1.165) is 6.07 Å². The van der Waals surface area contributed by atoms with E-state index >= 15 is 0 Å². The number of nitrogens with two attached hydrogens (primary N) is 1. The van der Waals surface area contributed by atoms with E-state index in [9.17, 15) is 18.9 Å². The SMILES string of the molecule is Nc1nc(Cl)cc(Oc2cc(F)c([N+](=O)[O-])cc2F)n1. The lowest BCUT2D eigenvalue weighted by molar-refractivity contribution is -0.387. The first kappa shape index (κ1) is 13.9. The van der Waals surface area contributed by atoms with E-state index in [4.69, 9.17) is 22.1 Å². The normalized spacial score (nSPS) is 10.3. The maximum atomic E-state index is 13.6. The summed E-state index contributed by atoms with van der Waals surface area (Å²) >= 11 is 5.59. The first-order valence-electron chi connectivity index (χ1n) is 4.98. The second-order valence-corrected chi connectivity index (χ2v) is 3.87. The smallest absolute Gasteiger partial charge is 0.307 e. The summed E-state index contributed by atoms with van der Waals surface area (Å²) in [6.07, 6.45) is 0. The van der Waals surface area contributed by atoms with Crippen molar-refractivity contribution in [3.8, 4) is 11.6 Å². The predicted octanol–water partition coefficient (Wildman–Crippen LogP) is 2.69. The van der Waals surface area contributed by atoms with Crippen molar-refractivity contribution < 1.29 is 18.4 Å². The third kappa shape index (κ3) is 2.88. The summed E-state index contributed by atoms with van der Waals surface area (Å²) in [5.74, 6) is -3.43. The molecule has 0 fully saturated rings. The van der Waals surface area contributed by atoms with Crippen LogP contribution < -0.4 is 10.5 Å². The van der Waals surface area contributed by atoms with Crippen molar-refractivity contribution in [2.45, 2.75) is 0 Å². The highest BCUT2D eigenvalue weighted by atomic mass is 35.5. The Hall–Kier alpha value is -2.55. The molecule has 1 aromatic carbocycles. The van der Waals surface area contributed by atoms with E-state index in [-0.39, 0.29) is 17.0 Å². The molecule has 10 heteroatoms. The van der Waals surface area contributed by atoms with Crippen molar-refractivity contribution in [1.29, 1.82) is 0 Å². The van der Waals surface area contributed by atoms with Crippen molar-refractivity contribution in [1.82, 2.24) is 9.97 Å². The number of anilines is 1. The van der Waals surface area contributed by atoms with E-state index in [1.165, 1.54) is 0 Å². The average molecular weight is 303 g/mol. The number of benzene rings is 1. The fraction of sp³-hybridized carbons (Fsp3) is 0. The van der Waals surface area contributed by atoms with Crippen LogP contribution in [0.4, 0.5) is 20.4 Å². The first-order chi connectivity index (χ1) is 9.36. The number of halogens is 3. The van der Waals surface area contributed by atoms with Crippen molar-refractivity contribution >= 4 is 23.2 Å². The van der Waals surface area contributed by atoms with Crippen molar-refractivity contribution in [3.63, 3.8) is 0 Å². The summed E-state index contributed by atoms with van der Waals surface area (Å²) < 4.78 is 31.9. The second kappa shape index (κ2) is 5.21. The van der Waals surface area contributed by atoms with E-state index in [0.29, 0.717) is 12.1 Å². The Morgan fingerprint density at radius 2 is 1.95 bits per heavy atom. The fourth-order valence-electron chi connectivity index (χ4n) is 1.31. The number of rotatable bonds is 3. The molecule has 0 bridgehead atoms. The molecule has 1 aromatic heterocycles. The number of ether oxygens (including phenoxy) is 1. The van der Waals surface area contributed by atoms with Crippen LogP contribution in [0.1, 0.15) is 0 Å². The molecule has 7 nitrogen and oxygen atoms in total. The van der Waals surface area contributed by atoms with Gasteiger partial charge in [0.15, 0.2) is 11.6 Å². The Morgan fingerprint density at radius 1 is 1.25 bits per heavy atom. The van der Waals surface area contributed by atoms with Crippen molar-refractivity contribution in [2.75, 3.05) is 5.73 Å². The number of aromatic nitrogens is 2. The van der Waals surface area contributed by atoms with Gasteiger partial charge in [-0.2, -0.15) is 9.37 Å². The van der Waals surface area contributed by atoms with E-state index in [2.05, 4.69) is 9.97 Å². The lowest BCUT2D eigenvalue weighted by atomic mass is 10.3. The maximum Gasteiger partial charge on any atom is 0.307 e. The van der Waals surface area contributed by atoms with Crippen LogP contribution in [0, 0.1) is 21.7 Å². The van der Waals surface area contributed by atoms with E-state index in [1.54, 1.807) is 0 Å². The molecule has 2 N–H and O–H groups in total. The van der Waals surface area contributed by atoms with Gasteiger partial charge in [-0.25, -0.2) is 9.37 Å². The standard InChI is InChI=1S/C10H5ClF2N4O3/c11-8-3-9(16-10(14)15-8)20-7-2-4(12)6(17(18)19)1-5(7)13/h1-3H,(H2,14,15,16). The monoisotopic (exact) mass is 302 g/mol. The Morgan fingerprint density at radius 3 is 2.55 bits per heavy atom. The maximum absolute atomic E-state index is 13.6. The van der Waals surface area contributed by atoms with Crippen molar-refractivity contribution in [3.05, 3.63) is 45.1 Å². The number of nitrogen functional groups attached to an aromatic ring is 1. The highest BCUT2D eigenvalue weighted by Crippen LogP contribution is 2.30. The fourth-order valence-corrected chi connectivity index (χ4v) is 1.49. The lowest BCUT2D eigenvalue weighted by Gasteiger charge is -2.06. The Bertz CT molecular complexity index is 678. The molecular formula is C10H5ClF2N4O3. The first-order valence-corrected chi connectivity index (χ1v) is 5.36. The number of nitro groups is 1. The largest absolute Gasteiger partial charge is 0.436 e. The highest BCUT2D eigenvalue weighted by Gasteiger charge is 2.20. The molecular weight excluding hydrogens is 298 g/mol. The topological polar surface area (TPSA) is 104 Å². The van der Waals surface area contributed by atoms with Crippen LogP contribution in [-0.2, 0) is 0 Å². The van der Waals surface area contributed by atoms with Gasteiger partial charge >= 0.3 is 5.69 Å². The summed E-state index contributed by atoms with van der Waals surface area (Å²) in [5, 5.41) is 10.4. The average Bonchev–Trinajstić information content (AvgIpc) is 2.31. The number of hydrogen-bond donors (Lipinski definition) is 1. The highest BCUT2D eigenvalue weighted by molar-refractivity contribution is 6.29. The third-order valence-corrected chi connectivity index (χ3v) is 2.29. The molecule has 0 spiro atoms. The minimum atomic E-state index is -1.25. The Balaban J connectivity index is 2.39. The minimum absolute atomic E-state index is 0.0599. The van der Waals surface area contributed by atoms with Gasteiger partial charge in [-0.1, -0.05) is 11.6 Å². The summed E-state index contributed by atoms with van der Waals surface area (Å²) in [7, 11) is 0. The van der Waals surface area contributed by atoms with Crippen LogP contribution in [0.25, 0.3) is 0 Å². The van der Waals surface area contributed by atoms with Crippen LogP contribution in [0.15, 0.2) is 18.2 Å². The van der Waals surface area contributed by atoms with Gasteiger partial charge in [0.2, 0.25) is 17.6 Å². The molecule has 104 valence electrons. The molecule has 0 aliphatic heterocycles. The summed E-state index contributed by atoms with van der Waals surface area (Å²) in [4.78, 5) is 16.5. The van der Waals surface area contributed by atoms with Crippen LogP contribution in [0.5, 0.6) is 11.6 Å². The molecule has 2 aromatic rings. The quantitative estimate of drug-likeness (QED) is 0.531. The molecule has 20 heavy (non-hydrogen) atoms. The zero-order valence-corrected chi connectivity index (χ0v) is 10.3. The molecule has 0 amide bonds. The number of hydrogen-bond acceptors (Lipinski definition) is 6. The summed E-state index contributed by atoms with van der Waals surface area (Å²) in [6.45, 7) is 0. The van der Waals surface area contributed by atoms with Gasteiger partial charge in [-0.3, -0.25) is 10.1 Å². The predicted molar refractivity (Wildman–Crippen MR) is 64.5 cm³/mol. The molecule has 0 atom stereocenters. The molecule has 0 aliphatic rings. The summed E-state index contributed by atoms with van der Waals surface area (Å²) in [5.41, 5.74) is 4.30. The third-order valence-electron chi connectivity index (χ3n) is 2.10. The molecule has 0 unspecified atom stereocenters. The molecule has 0 aliphatic carbocycles. The molecule has 0 radical (unpaired) electrons. The number of nitro benzene ring substituents is 1. The minimum Gasteiger partial charge on any atom is -0.436 e. The molecule has 0 saturated heterocycles. The van der Waals surface area contributed by atoms with Gasteiger partial charge in [-0.15, -0.1) is 0 Å². The van der Waals surface area contributed by atoms with E-state index in [1.807, 2.05) is 0 Å². The second-order valence-electron chi connectivity index (χ2n) is 3.48. The van der Waals surface area contributed by atoms with Crippen LogP contribution in [0.2, 0.25) is 5.15 Å². The van der Waals surface area contributed by atoms with Gasteiger partial charge in [0.05, 0.1) is 11.0 Å². The molecule has 1 heterocycles. The Labute approximate surface area is 115 Å². The molecule has 0 saturated carbocycles. The van der Waals surface area contributed by atoms with Crippen LogP contribution >= 0.6 is 11.6 Å². The number of nitrogens with zero attached hydrogens (tertiary/aromatic N) is 3. The van der Waals surface area contributed by atoms with Gasteiger partial charge in [0.1, 0.15) is 5.15 Å². The van der Waals surface area contributed by atoms with Crippen LogP contribution in [0.3, 0.4) is 0 Å². The van der Waals surface area contributed by atoms with Gasteiger partial charge in [-0.05, 0) is 0 Å². The Kier molecular flexibility index (Phi) is 3.61. The van der Waals surface area contributed by atoms with Gasteiger partial charge < -0.3 is 10.5 Å². The van der Waals surface area contributed by atoms with Crippen molar-refractivity contribution in [2.24, 2.45) is 0 Å².